The molecule has 0 saturated carbocycles. The Hall–Kier alpha value is -1.08. The molecule has 1 aliphatic heterocycles. The molecular weight excluding hydrogens is 441 g/mol. The second kappa shape index (κ2) is 10.9. The van der Waals surface area contributed by atoms with Crippen LogP contribution in [-0.2, 0) is 11.2 Å². The number of hydrogen-bond acceptors (Lipinski definition) is 4. The first kappa shape index (κ1) is 23.0. The van der Waals surface area contributed by atoms with Crippen LogP contribution in [0, 0.1) is 5.92 Å². The first-order chi connectivity index (χ1) is 11.7. The highest BCUT2D eigenvalue weighted by Crippen LogP contribution is 2.28. The lowest BCUT2D eigenvalue weighted by Gasteiger charge is -2.16. The number of nitrogens with one attached hydrogen (secondary N) is 1. The smallest absolute Gasteiger partial charge is 0.223 e. The number of aromatic nitrogens is 1. The summed E-state index contributed by atoms with van der Waals surface area (Å²) in [5.41, 5.74) is 0.969. The van der Waals surface area contributed by atoms with Crippen molar-refractivity contribution in [2.24, 2.45) is 5.92 Å². The Kier molecular flexibility index (Phi) is 9.64. The van der Waals surface area contributed by atoms with Crippen molar-refractivity contribution in [3.05, 3.63) is 40.8 Å². The van der Waals surface area contributed by atoms with Crippen LogP contribution in [0.3, 0.4) is 0 Å². The van der Waals surface area contributed by atoms with E-state index in [4.69, 9.17) is 4.42 Å². The zero-order valence-electron chi connectivity index (χ0n) is 14.6. The summed E-state index contributed by atoms with van der Waals surface area (Å²) in [5, 5.41) is 3.18. The first-order valence-corrected chi connectivity index (χ1v) is 9.08. The molecule has 144 valence electrons. The molecule has 0 spiro atoms. The van der Waals surface area contributed by atoms with Gasteiger partial charge < -0.3 is 14.6 Å². The summed E-state index contributed by atoms with van der Waals surface area (Å²) in [6.07, 6.45) is 3.79. The standard InChI is InChI=1S/C18H22BrN3O2.2ClH/c1-20-10-13-8-9-22(12-13)18(23)7-6-17-21-11-16(24-17)14-4-2-3-5-15(14)19;;/h2-5,11,13,20H,6-10,12H2,1H3;2*1H. The van der Waals surface area contributed by atoms with Crippen molar-refractivity contribution >= 4 is 46.7 Å². The van der Waals surface area contributed by atoms with E-state index in [1.807, 2.05) is 36.2 Å². The van der Waals surface area contributed by atoms with E-state index in [1.54, 1.807) is 6.20 Å². The fourth-order valence-electron chi connectivity index (χ4n) is 3.10. The molecule has 1 aliphatic rings. The van der Waals surface area contributed by atoms with Gasteiger partial charge in [-0.3, -0.25) is 4.79 Å². The summed E-state index contributed by atoms with van der Waals surface area (Å²) in [7, 11) is 1.95. The van der Waals surface area contributed by atoms with Gasteiger partial charge in [-0.05, 0) is 32.0 Å². The van der Waals surface area contributed by atoms with Crippen molar-refractivity contribution in [2.45, 2.75) is 19.3 Å². The van der Waals surface area contributed by atoms with Crippen LogP contribution in [0.25, 0.3) is 11.3 Å². The van der Waals surface area contributed by atoms with Gasteiger partial charge in [0.1, 0.15) is 0 Å². The van der Waals surface area contributed by atoms with Crippen molar-refractivity contribution in [3.8, 4) is 11.3 Å². The molecule has 1 unspecified atom stereocenters. The Bertz CT molecular complexity index is 711. The fraction of sp³-hybridized carbons (Fsp3) is 0.444. The second-order valence-electron chi connectivity index (χ2n) is 6.15. The molecule has 1 atom stereocenters. The normalized spacial score (nSPS) is 16.1. The maximum atomic E-state index is 12.3. The average Bonchev–Trinajstić information content (AvgIpc) is 3.23. The predicted octanol–water partition coefficient (Wildman–Crippen LogP) is 3.95. The van der Waals surface area contributed by atoms with Crippen LogP contribution in [0.15, 0.2) is 39.4 Å². The van der Waals surface area contributed by atoms with Crippen molar-refractivity contribution in [1.82, 2.24) is 15.2 Å². The van der Waals surface area contributed by atoms with E-state index in [0.29, 0.717) is 24.7 Å². The number of benzene rings is 1. The summed E-state index contributed by atoms with van der Waals surface area (Å²) in [5.74, 6) is 2.09. The number of oxazole rings is 1. The predicted molar refractivity (Wildman–Crippen MR) is 111 cm³/mol. The van der Waals surface area contributed by atoms with E-state index < -0.39 is 0 Å². The molecule has 5 nitrogen and oxygen atoms in total. The van der Waals surface area contributed by atoms with Gasteiger partial charge in [0.2, 0.25) is 5.91 Å². The van der Waals surface area contributed by atoms with Crippen LogP contribution in [0.5, 0.6) is 0 Å². The van der Waals surface area contributed by atoms with Crippen molar-refractivity contribution in [3.63, 3.8) is 0 Å². The van der Waals surface area contributed by atoms with Gasteiger partial charge in [-0.1, -0.05) is 34.1 Å². The molecule has 1 aromatic carbocycles. The van der Waals surface area contributed by atoms with Crippen LogP contribution in [0.4, 0.5) is 0 Å². The quantitative estimate of drug-likeness (QED) is 0.703. The molecule has 3 rings (SSSR count). The van der Waals surface area contributed by atoms with Crippen LogP contribution in [-0.4, -0.2) is 42.5 Å². The number of aryl methyl sites for hydroxylation is 1. The van der Waals surface area contributed by atoms with Gasteiger partial charge in [0.05, 0.1) is 6.20 Å². The minimum Gasteiger partial charge on any atom is -0.441 e. The van der Waals surface area contributed by atoms with Crippen LogP contribution in [0.1, 0.15) is 18.7 Å². The number of likely N-dealkylation sites (tertiary alicyclic amines) is 1. The summed E-state index contributed by atoms with van der Waals surface area (Å²) >= 11 is 3.51. The molecule has 1 amide bonds. The Labute approximate surface area is 174 Å². The van der Waals surface area contributed by atoms with Crippen LogP contribution >= 0.6 is 40.7 Å². The zero-order chi connectivity index (χ0) is 16.9. The molecule has 1 aromatic heterocycles. The van der Waals surface area contributed by atoms with E-state index in [9.17, 15) is 4.79 Å². The molecule has 1 fully saturated rings. The summed E-state index contributed by atoms with van der Waals surface area (Å²) in [6, 6.07) is 7.86. The highest BCUT2D eigenvalue weighted by atomic mass is 79.9. The fourth-order valence-corrected chi connectivity index (χ4v) is 3.58. The Morgan fingerprint density at radius 2 is 2.15 bits per heavy atom. The van der Waals surface area contributed by atoms with Gasteiger partial charge in [0, 0.05) is 36.0 Å². The third-order valence-corrected chi connectivity index (χ3v) is 5.07. The minimum absolute atomic E-state index is 0. The largest absolute Gasteiger partial charge is 0.441 e. The van der Waals surface area contributed by atoms with Gasteiger partial charge in [-0.2, -0.15) is 0 Å². The molecule has 8 heteroatoms. The molecular formula is C18H24BrCl2N3O2. The lowest BCUT2D eigenvalue weighted by molar-refractivity contribution is -0.130. The maximum Gasteiger partial charge on any atom is 0.223 e. The highest BCUT2D eigenvalue weighted by molar-refractivity contribution is 9.10. The number of rotatable bonds is 6. The van der Waals surface area contributed by atoms with Gasteiger partial charge in [0.25, 0.3) is 0 Å². The second-order valence-corrected chi connectivity index (χ2v) is 7.00. The van der Waals surface area contributed by atoms with E-state index >= 15 is 0 Å². The first-order valence-electron chi connectivity index (χ1n) is 8.29. The monoisotopic (exact) mass is 463 g/mol. The molecule has 1 N–H and O–H groups in total. The van der Waals surface area contributed by atoms with Gasteiger partial charge in [0.15, 0.2) is 11.7 Å². The number of halogens is 3. The Morgan fingerprint density at radius 1 is 1.38 bits per heavy atom. The molecule has 2 heterocycles. The Balaban J connectivity index is 0.00000169. The van der Waals surface area contributed by atoms with E-state index in [1.165, 1.54) is 0 Å². The van der Waals surface area contributed by atoms with Crippen LogP contribution in [0.2, 0.25) is 0 Å². The lowest BCUT2D eigenvalue weighted by Crippen LogP contribution is -2.30. The van der Waals surface area contributed by atoms with Crippen molar-refractivity contribution < 1.29 is 9.21 Å². The highest BCUT2D eigenvalue weighted by Gasteiger charge is 2.25. The molecule has 0 radical (unpaired) electrons. The van der Waals surface area contributed by atoms with E-state index in [0.717, 1.165) is 41.9 Å². The topological polar surface area (TPSA) is 58.4 Å². The van der Waals surface area contributed by atoms with Crippen LogP contribution < -0.4 is 5.32 Å². The number of amides is 1. The van der Waals surface area contributed by atoms with Crippen molar-refractivity contribution in [1.29, 1.82) is 0 Å². The summed E-state index contributed by atoms with van der Waals surface area (Å²) < 4.78 is 6.77. The minimum atomic E-state index is 0. The lowest BCUT2D eigenvalue weighted by atomic mass is 10.1. The number of hydrogen-bond donors (Lipinski definition) is 1. The number of carbonyl (C=O) groups excluding carboxylic acids is 1. The third-order valence-electron chi connectivity index (χ3n) is 4.38. The maximum absolute atomic E-state index is 12.3. The third kappa shape index (κ3) is 5.71. The average molecular weight is 465 g/mol. The van der Waals surface area contributed by atoms with E-state index in [2.05, 4.69) is 26.2 Å². The van der Waals surface area contributed by atoms with Crippen molar-refractivity contribution in [2.75, 3.05) is 26.7 Å². The number of nitrogens with zero attached hydrogens (tertiary/aromatic N) is 2. The van der Waals surface area contributed by atoms with Gasteiger partial charge in [-0.15, -0.1) is 24.8 Å². The molecule has 26 heavy (non-hydrogen) atoms. The molecule has 2 aromatic rings. The zero-order valence-corrected chi connectivity index (χ0v) is 17.8. The molecule has 1 saturated heterocycles. The summed E-state index contributed by atoms with van der Waals surface area (Å²) in [4.78, 5) is 18.6. The number of carbonyl (C=O) groups is 1. The Morgan fingerprint density at radius 3 is 2.88 bits per heavy atom. The molecule has 0 aliphatic carbocycles. The molecule has 0 bridgehead atoms. The van der Waals surface area contributed by atoms with Gasteiger partial charge in [-0.25, -0.2) is 4.98 Å². The summed E-state index contributed by atoms with van der Waals surface area (Å²) in [6.45, 7) is 2.69. The van der Waals surface area contributed by atoms with Gasteiger partial charge >= 0.3 is 0 Å². The SMILES string of the molecule is CNCC1CCN(C(=O)CCc2ncc(-c3ccccc3Br)o2)C1.Cl.Cl. The van der Waals surface area contributed by atoms with E-state index in [-0.39, 0.29) is 30.7 Å².